The molecule has 0 unspecified atom stereocenters. The van der Waals surface area contributed by atoms with Crippen LogP contribution in [0.2, 0.25) is 0 Å². The number of nitrogens with zero attached hydrogens (tertiary/aromatic N) is 1. The molecule has 0 fully saturated rings. The molecule has 0 heterocycles. The molecule has 0 N–H and O–H groups in total. The zero-order valence-electron chi connectivity index (χ0n) is 11.6. The zero-order chi connectivity index (χ0) is 14.6. The summed E-state index contributed by atoms with van der Waals surface area (Å²) in [6.07, 6.45) is 6.40. The van der Waals surface area contributed by atoms with Crippen LogP contribution in [0, 0.1) is 0 Å². The number of para-hydroxylation sites is 1. The summed E-state index contributed by atoms with van der Waals surface area (Å²) < 4.78 is 5.55. The second kappa shape index (κ2) is 5.84. The second-order valence-electron chi connectivity index (χ2n) is 4.44. The van der Waals surface area contributed by atoms with Crippen molar-refractivity contribution in [1.82, 2.24) is 0 Å². The van der Waals surface area contributed by atoms with Crippen molar-refractivity contribution < 1.29 is 14.3 Å². The van der Waals surface area contributed by atoms with Gasteiger partial charge in [0.25, 0.3) is 0 Å². The van der Waals surface area contributed by atoms with Crippen molar-refractivity contribution in [3.8, 4) is 0 Å². The van der Waals surface area contributed by atoms with E-state index in [0.717, 1.165) is 5.69 Å². The maximum atomic E-state index is 12.4. The van der Waals surface area contributed by atoms with Crippen LogP contribution in [0.15, 0.2) is 54.6 Å². The molecule has 0 saturated carbocycles. The predicted molar refractivity (Wildman–Crippen MR) is 77.2 cm³/mol. The third-order valence-corrected chi connectivity index (χ3v) is 3.22. The highest BCUT2D eigenvalue weighted by molar-refractivity contribution is 6.02. The lowest BCUT2D eigenvalue weighted by molar-refractivity contribution is -0.121. The molecular formula is C16H17NO3. The molecule has 0 saturated heterocycles. The number of hydrogen-bond donors (Lipinski definition) is 0. The number of methoxy groups -OCH3 is 1. The molecule has 1 amide bonds. The van der Waals surface area contributed by atoms with E-state index in [1.807, 2.05) is 30.3 Å². The van der Waals surface area contributed by atoms with Crippen molar-refractivity contribution in [2.75, 3.05) is 12.0 Å². The van der Waals surface area contributed by atoms with Gasteiger partial charge in [-0.2, -0.15) is 0 Å². The fourth-order valence-electron chi connectivity index (χ4n) is 2.17. The molecule has 2 rings (SSSR count). The molecule has 4 heteroatoms. The molecule has 1 aromatic carbocycles. The Balaban J connectivity index is 2.51. The molecule has 1 aromatic rings. The van der Waals surface area contributed by atoms with E-state index in [1.165, 1.54) is 19.3 Å². The topological polar surface area (TPSA) is 46.6 Å². The Bertz CT molecular complexity index is 544. The van der Waals surface area contributed by atoms with Crippen molar-refractivity contribution in [2.24, 2.45) is 0 Å². The van der Waals surface area contributed by atoms with Gasteiger partial charge in [-0.1, -0.05) is 25.1 Å². The van der Waals surface area contributed by atoms with E-state index in [1.54, 1.807) is 24.0 Å². The van der Waals surface area contributed by atoms with Crippen LogP contribution in [0.1, 0.15) is 13.3 Å². The van der Waals surface area contributed by atoms with Crippen LogP contribution >= 0.6 is 0 Å². The third kappa shape index (κ3) is 2.56. The molecule has 1 aliphatic rings. The van der Waals surface area contributed by atoms with Crippen molar-refractivity contribution in [1.29, 1.82) is 0 Å². The summed E-state index contributed by atoms with van der Waals surface area (Å²) in [5.41, 5.74) is -0.327. The first-order chi connectivity index (χ1) is 9.63. The molecule has 0 bridgehead atoms. The fourth-order valence-corrected chi connectivity index (χ4v) is 2.17. The summed E-state index contributed by atoms with van der Waals surface area (Å²) in [6, 6.07) is 9.28. The SMILES string of the molecule is CCC(=O)N(c1ccccc1)C1(OC)C=CC(=O)C=C1. The maximum Gasteiger partial charge on any atom is 0.229 e. The summed E-state index contributed by atoms with van der Waals surface area (Å²) in [5, 5.41) is 0. The Morgan fingerprint density at radius 3 is 2.30 bits per heavy atom. The zero-order valence-corrected chi connectivity index (χ0v) is 11.6. The maximum absolute atomic E-state index is 12.4. The van der Waals surface area contributed by atoms with Gasteiger partial charge in [-0.25, -0.2) is 0 Å². The van der Waals surface area contributed by atoms with E-state index in [0.29, 0.717) is 6.42 Å². The number of hydrogen-bond acceptors (Lipinski definition) is 3. The van der Waals surface area contributed by atoms with Crippen molar-refractivity contribution in [3.05, 3.63) is 54.6 Å². The largest absolute Gasteiger partial charge is 0.351 e. The fraction of sp³-hybridized carbons (Fsp3) is 0.250. The van der Waals surface area contributed by atoms with Gasteiger partial charge < -0.3 is 4.74 Å². The van der Waals surface area contributed by atoms with Gasteiger partial charge >= 0.3 is 0 Å². The molecule has 0 atom stereocenters. The highest BCUT2D eigenvalue weighted by atomic mass is 16.5. The molecule has 4 nitrogen and oxygen atoms in total. The minimum Gasteiger partial charge on any atom is -0.351 e. The Hall–Kier alpha value is -2.20. The lowest BCUT2D eigenvalue weighted by Gasteiger charge is -2.39. The predicted octanol–water partition coefficient (Wildman–Crippen LogP) is 2.47. The first-order valence-electron chi connectivity index (χ1n) is 6.48. The van der Waals surface area contributed by atoms with E-state index in [2.05, 4.69) is 0 Å². The van der Waals surface area contributed by atoms with Gasteiger partial charge in [-0.05, 0) is 36.4 Å². The van der Waals surface area contributed by atoms with Crippen LogP contribution in [0.25, 0.3) is 0 Å². The summed E-state index contributed by atoms with van der Waals surface area (Å²) in [7, 11) is 1.52. The summed E-state index contributed by atoms with van der Waals surface area (Å²) in [6.45, 7) is 1.79. The van der Waals surface area contributed by atoms with E-state index in [9.17, 15) is 9.59 Å². The molecule has 0 radical (unpaired) electrons. The summed E-state index contributed by atoms with van der Waals surface area (Å²) in [4.78, 5) is 25.2. The highest BCUT2D eigenvalue weighted by Gasteiger charge is 2.37. The van der Waals surface area contributed by atoms with Crippen LogP contribution in [0.5, 0.6) is 0 Å². The van der Waals surface area contributed by atoms with Crippen molar-refractivity contribution in [2.45, 2.75) is 19.1 Å². The van der Waals surface area contributed by atoms with Crippen LogP contribution in [-0.4, -0.2) is 24.5 Å². The van der Waals surface area contributed by atoms with Crippen LogP contribution in [-0.2, 0) is 14.3 Å². The number of anilines is 1. The molecule has 0 aromatic heterocycles. The third-order valence-electron chi connectivity index (χ3n) is 3.22. The quantitative estimate of drug-likeness (QED) is 0.790. The number of amides is 1. The molecule has 0 aliphatic heterocycles. The molecule has 1 aliphatic carbocycles. The highest BCUT2D eigenvalue weighted by Crippen LogP contribution is 2.30. The Kier molecular flexibility index (Phi) is 4.15. The molecule has 20 heavy (non-hydrogen) atoms. The smallest absolute Gasteiger partial charge is 0.229 e. The number of carbonyl (C=O) groups excluding carboxylic acids is 2. The van der Waals surface area contributed by atoms with Gasteiger partial charge in [-0.3, -0.25) is 14.5 Å². The van der Waals surface area contributed by atoms with E-state index in [4.69, 9.17) is 4.74 Å². The molecule has 104 valence electrons. The first-order valence-corrected chi connectivity index (χ1v) is 6.48. The standard InChI is InChI=1S/C16H17NO3/c1-3-15(19)17(13-7-5-4-6-8-13)16(20-2)11-9-14(18)10-12-16/h4-12H,3H2,1-2H3. The Morgan fingerprint density at radius 2 is 1.80 bits per heavy atom. The van der Waals surface area contributed by atoms with E-state index in [-0.39, 0.29) is 11.7 Å². The average molecular weight is 271 g/mol. The van der Waals surface area contributed by atoms with Gasteiger partial charge in [-0.15, -0.1) is 0 Å². The first kappa shape index (κ1) is 14.2. The Labute approximate surface area is 118 Å². The number of allylic oxidation sites excluding steroid dienone is 2. The van der Waals surface area contributed by atoms with Gasteiger partial charge in [0, 0.05) is 19.2 Å². The Morgan fingerprint density at radius 1 is 1.20 bits per heavy atom. The lowest BCUT2D eigenvalue weighted by atomic mass is 10.0. The number of benzene rings is 1. The number of ketones is 1. The number of ether oxygens (including phenoxy) is 1. The van der Waals surface area contributed by atoms with Crippen LogP contribution < -0.4 is 4.90 Å². The number of rotatable bonds is 4. The number of carbonyl (C=O) groups is 2. The van der Waals surface area contributed by atoms with Gasteiger partial charge in [0.2, 0.25) is 5.91 Å². The average Bonchev–Trinajstić information content (AvgIpc) is 2.50. The minimum atomic E-state index is -1.05. The lowest BCUT2D eigenvalue weighted by Crippen LogP contribution is -2.52. The van der Waals surface area contributed by atoms with E-state index >= 15 is 0 Å². The van der Waals surface area contributed by atoms with Crippen LogP contribution in [0.3, 0.4) is 0 Å². The molecule has 0 spiro atoms. The van der Waals surface area contributed by atoms with Crippen molar-refractivity contribution >= 4 is 17.4 Å². The normalized spacial score (nSPS) is 16.2. The van der Waals surface area contributed by atoms with Crippen molar-refractivity contribution in [3.63, 3.8) is 0 Å². The minimum absolute atomic E-state index is 0.0818. The monoisotopic (exact) mass is 271 g/mol. The van der Waals surface area contributed by atoms with E-state index < -0.39 is 5.72 Å². The van der Waals surface area contributed by atoms with Gasteiger partial charge in [0.15, 0.2) is 11.5 Å². The van der Waals surface area contributed by atoms with Gasteiger partial charge in [0.05, 0.1) is 0 Å². The second-order valence-corrected chi connectivity index (χ2v) is 4.44. The molecular weight excluding hydrogens is 254 g/mol. The summed E-state index contributed by atoms with van der Waals surface area (Å²) >= 11 is 0. The summed E-state index contributed by atoms with van der Waals surface area (Å²) in [5.74, 6) is -0.198. The van der Waals surface area contributed by atoms with Gasteiger partial charge in [0.1, 0.15) is 0 Å². The van der Waals surface area contributed by atoms with Crippen LogP contribution in [0.4, 0.5) is 5.69 Å².